The topological polar surface area (TPSA) is 59.1 Å². The number of hydrazine groups is 1. The Morgan fingerprint density at radius 2 is 1.76 bits per heavy atom. The Hall–Kier alpha value is -1.92. The lowest BCUT2D eigenvalue weighted by Gasteiger charge is -2.44. The van der Waals surface area contributed by atoms with Crippen LogP contribution in [0.2, 0.25) is 0 Å². The van der Waals surface area contributed by atoms with E-state index in [-0.39, 0.29) is 41.8 Å². The van der Waals surface area contributed by atoms with E-state index in [1.54, 1.807) is 7.11 Å². The first-order chi connectivity index (χ1) is 15.7. The second kappa shape index (κ2) is 10.6. The van der Waals surface area contributed by atoms with Crippen molar-refractivity contribution in [3.05, 3.63) is 35.9 Å². The molecule has 0 bridgehead atoms. The number of rotatable bonds is 9. The van der Waals surface area contributed by atoms with E-state index in [1.165, 1.54) is 0 Å². The molecule has 184 valence electrons. The fourth-order valence-corrected chi connectivity index (χ4v) is 5.79. The summed E-state index contributed by atoms with van der Waals surface area (Å²) in [5.41, 5.74) is 0.232. The van der Waals surface area contributed by atoms with Gasteiger partial charge in [0.15, 0.2) is 0 Å². The van der Waals surface area contributed by atoms with E-state index < -0.39 is 5.60 Å². The standard InChI is InChI=1S/C27H42N2O4/c1-7-27(8-2,32-6)23-15-12-17-28(23)29-18-16-21(25(29)31)22(20-13-10-9-11-14-20)19-24(30)33-26(3,4)5/h9-11,13-14,21-23H,7-8,12,15-19H2,1-6H3/t21-,22+,23+/m1/s1. The van der Waals surface area contributed by atoms with Gasteiger partial charge in [-0.1, -0.05) is 44.2 Å². The van der Waals surface area contributed by atoms with Gasteiger partial charge < -0.3 is 9.47 Å². The van der Waals surface area contributed by atoms with Crippen LogP contribution < -0.4 is 0 Å². The van der Waals surface area contributed by atoms with Crippen molar-refractivity contribution in [3.63, 3.8) is 0 Å². The molecule has 3 rings (SSSR count). The number of carbonyl (C=O) groups is 2. The second-order valence-corrected chi connectivity index (χ2v) is 10.5. The largest absolute Gasteiger partial charge is 0.460 e. The van der Waals surface area contributed by atoms with Crippen LogP contribution >= 0.6 is 0 Å². The van der Waals surface area contributed by atoms with E-state index in [0.29, 0.717) is 6.54 Å². The molecule has 2 heterocycles. The first-order valence-corrected chi connectivity index (χ1v) is 12.6. The summed E-state index contributed by atoms with van der Waals surface area (Å²) >= 11 is 0. The Kier molecular flexibility index (Phi) is 8.22. The van der Waals surface area contributed by atoms with Gasteiger partial charge in [0.05, 0.1) is 18.1 Å². The summed E-state index contributed by atoms with van der Waals surface area (Å²) in [5.74, 6) is -0.556. The Labute approximate surface area is 199 Å². The first kappa shape index (κ1) is 25.7. The van der Waals surface area contributed by atoms with Crippen LogP contribution in [0.5, 0.6) is 0 Å². The van der Waals surface area contributed by atoms with Gasteiger partial charge >= 0.3 is 5.97 Å². The van der Waals surface area contributed by atoms with Crippen molar-refractivity contribution >= 4 is 11.9 Å². The molecule has 6 nitrogen and oxygen atoms in total. The molecule has 6 heteroatoms. The highest BCUT2D eigenvalue weighted by molar-refractivity contribution is 5.83. The third-order valence-electron chi connectivity index (χ3n) is 7.49. The zero-order valence-corrected chi connectivity index (χ0v) is 21.3. The summed E-state index contributed by atoms with van der Waals surface area (Å²) in [6.07, 6.45) is 4.87. The van der Waals surface area contributed by atoms with Crippen molar-refractivity contribution in [2.45, 2.75) is 96.3 Å². The fraction of sp³-hybridized carbons (Fsp3) is 0.704. The summed E-state index contributed by atoms with van der Waals surface area (Å²) in [6.45, 7) is 11.5. The minimum atomic E-state index is -0.545. The monoisotopic (exact) mass is 458 g/mol. The molecule has 0 unspecified atom stereocenters. The third kappa shape index (κ3) is 5.60. The summed E-state index contributed by atoms with van der Waals surface area (Å²) in [7, 11) is 1.80. The molecule has 2 fully saturated rings. The van der Waals surface area contributed by atoms with E-state index in [1.807, 2.05) is 56.1 Å². The highest BCUT2D eigenvalue weighted by Gasteiger charge is 2.49. The van der Waals surface area contributed by atoms with Crippen LogP contribution in [0.4, 0.5) is 0 Å². The number of methoxy groups -OCH3 is 1. The second-order valence-electron chi connectivity index (χ2n) is 10.5. The molecule has 1 aromatic carbocycles. The Bertz CT molecular complexity index is 792. The molecule has 1 aromatic rings. The molecule has 0 N–H and O–H groups in total. The molecule has 3 atom stereocenters. The SMILES string of the molecule is CCC(CC)(OC)[C@@H]1CCCN1N1CC[C@H]([C@@H](CC(=O)OC(C)(C)C)c2ccccc2)C1=O. The maximum Gasteiger partial charge on any atom is 0.306 e. The van der Waals surface area contributed by atoms with E-state index >= 15 is 0 Å². The van der Waals surface area contributed by atoms with E-state index in [9.17, 15) is 9.59 Å². The summed E-state index contributed by atoms with van der Waals surface area (Å²) in [4.78, 5) is 26.6. The van der Waals surface area contributed by atoms with Gasteiger partial charge in [-0.2, -0.15) is 0 Å². The van der Waals surface area contributed by atoms with Crippen LogP contribution in [0.1, 0.15) is 84.6 Å². The van der Waals surface area contributed by atoms with Gasteiger partial charge in [-0.25, -0.2) is 5.01 Å². The Morgan fingerprint density at radius 3 is 2.33 bits per heavy atom. The molecule has 2 aliphatic heterocycles. The highest BCUT2D eigenvalue weighted by atomic mass is 16.6. The summed E-state index contributed by atoms with van der Waals surface area (Å²) in [5, 5.41) is 4.24. The molecular weight excluding hydrogens is 416 g/mol. The molecule has 33 heavy (non-hydrogen) atoms. The highest BCUT2D eigenvalue weighted by Crippen LogP contribution is 2.41. The van der Waals surface area contributed by atoms with E-state index in [0.717, 1.165) is 44.2 Å². The first-order valence-electron chi connectivity index (χ1n) is 12.6. The van der Waals surface area contributed by atoms with E-state index in [2.05, 4.69) is 18.9 Å². The van der Waals surface area contributed by atoms with Gasteiger partial charge in [0, 0.05) is 32.0 Å². The van der Waals surface area contributed by atoms with Gasteiger partial charge in [-0.3, -0.25) is 14.6 Å². The summed E-state index contributed by atoms with van der Waals surface area (Å²) in [6, 6.07) is 10.1. The van der Waals surface area contributed by atoms with Gasteiger partial charge in [-0.05, 0) is 58.4 Å². The van der Waals surface area contributed by atoms with Crippen molar-refractivity contribution in [1.29, 1.82) is 0 Å². The van der Waals surface area contributed by atoms with Crippen molar-refractivity contribution in [1.82, 2.24) is 10.0 Å². The maximum atomic E-state index is 13.8. The van der Waals surface area contributed by atoms with E-state index in [4.69, 9.17) is 9.47 Å². The zero-order chi connectivity index (χ0) is 24.2. The number of benzene rings is 1. The van der Waals surface area contributed by atoms with Gasteiger partial charge in [0.1, 0.15) is 5.60 Å². The molecule has 2 saturated heterocycles. The average molecular weight is 459 g/mol. The minimum Gasteiger partial charge on any atom is -0.460 e. The quantitative estimate of drug-likeness (QED) is 0.491. The molecule has 1 amide bonds. The summed E-state index contributed by atoms with van der Waals surface area (Å²) < 4.78 is 11.7. The predicted octanol–water partition coefficient (Wildman–Crippen LogP) is 4.94. The predicted molar refractivity (Wildman–Crippen MR) is 130 cm³/mol. The number of esters is 1. The molecular formula is C27H42N2O4. The molecule has 2 aliphatic rings. The molecule has 0 spiro atoms. The van der Waals surface area contributed by atoms with Crippen LogP contribution in [0.15, 0.2) is 30.3 Å². The fourth-order valence-electron chi connectivity index (χ4n) is 5.79. The Morgan fingerprint density at radius 1 is 1.09 bits per heavy atom. The number of hydrogen-bond donors (Lipinski definition) is 0. The molecule has 0 saturated carbocycles. The van der Waals surface area contributed by atoms with Crippen molar-refractivity contribution in [3.8, 4) is 0 Å². The molecule has 0 radical (unpaired) electrons. The van der Waals surface area contributed by atoms with Crippen molar-refractivity contribution in [2.75, 3.05) is 20.2 Å². The molecule has 0 aromatic heterocycles. The number of carbonyl (C=O) groups excluding carboxylic acids is 2. The van der Waals surface area contributed by atoms with Crippen LogP contribution in [0, 0.1) is 5.92 Å². The number of amides is 1. The van der Waals surface area contributed by atoms with Gasteiger partial charge in [-0.15, -0.1) is 0 Å². The van der Waals surface area contributed by atoms with Crippen molar-refractivity contribution in [2.24, 2.45) is 5.92 Å². The van der Waals surface area contributed by atoms with Crippen LogP contribution in [-0.4, -0.2) is 59.3 Å². The zero-order valence-electron chi connectivity index (χ0n) is 21.3. The third-order valence-corrected chi connectivity index (χ3v) is 7.49. The van der Waals surface area contributed by atoms with Crippen LogP contribution in [-0.2, 0) is 19.1 Å². The lowest BCUT2D eigenvalue weighted by Crippen LogP contribution is -2.57. The normalized spacial score (nSPS) is 23.2. The van der Waals surface area contributed by atoms with Crippen LogP contribution in [0.25, 0.3) is 0 Å². The average Bonchev–Trinajstić information content (AvgIpc) is 3.40. The Balaban J connectivity index is 1.83. The lowest BCUT2D eigenvalue weighted by molar-refractivity contribution is -0.163. The van der Waals surface area contributed by atoms with Crippen molar-refractivity contribution < 1.29 is 19.1 Å². The maximum absolute atomic E-state index is 13.8. The minimum absolute atomic E-state index is 0.122. The van der Waals surface area contributed by atoms with Gasteiger partial charge in [0.25, 0.3) is 0 Å². The number of ether oxygens (including phenoxy) is 2. The molecule has 0 aliphatic carbocycles. The van der Waals surface area contributed by atoms with Gasteiger partial charge in [0.2, 0.25) is 5.91 Å². The lowest BCUT2D eigenvalue weighted by atomic mass is 9.82. The smallest absolute Gasteiger partial charge is 0.306 e. The number of hydrogen-bond acceptors (Lipinski definition) is 5. The van der Waals surface area contributed by atoms with Crippen LogP contribution in [0.3, 0.4) is 0 Å². The number of nitrogens with zero attached hydrogens (tertiary/aromatic N) is 2.